The molecule has 0 saturated carbocycles. The Hall–Kier alpha value is -1.66. The average molecular weight is 371 g/mol. The average Bonchev–Trinajstić information content (AvgIpc) is 2.62. The summed E-state index contributed by atoms with van der Waals surface area (Å²) in [5.74, 6) is 1.08. The van der Waals surface area contributed by atoms with Crippen molar-refractivity contribution in [2.75, 3.05) is 33.9 Å². The van der Waals surface area contributed by atoms with E-state index in [9.17, 15) is 4.79 Å². The number of benzene rings is 1. The zero-order chi connectivity index (χ0) is 18.2. The van der Waals surface area contributed by atoms with Gasteiger partial charge in [0.1, 0.15) is 0 Å². The number of nitrogens with one attached hydrogen (secondary N) is 1. The van der Waals surface area contributed by atoms with Crippen molar-refractivity contribution in [3.63, 3.8) is 0 Å². The largest absolute Gasteiger partial charge is 0.493 e. The SMILES string of the molecule is CCOc1c(Cl)cc(CNC(=O)N(C)CC2CCCCO2)cc1OC. The van der Waals surface area contributed by atoms with E-state index in [4.69, 9.17) is 25.8 Å². The molecule has 2 amide bonds. The number of nitrogens with zero attached hydrogens (tertiary/aromatic N) is 1. The molecule has 1 atom stereocenters. The van der Waals surface area contributed by atoms with E-state index < -0.39 is 0 Å². The van der Waals surface area contributed by atoms with Crippen LogP contribution in [0.25, 0.3) is 0 Å². The van der Waals surface area contributed by atoms with Gasteiger partial charge in [0.2, 0.25) is 0 Å². The first-order valence-electron chi connectivity index (χ1n) is 8.65. The summed E-state index contributed by atoms with van der Waals surface area (Å²) in [6.45, 7) is 4.12. The number of likely N-dealkylation sites (N-methyl/N-ethyl adjacent to an activating group) is 1. The molecule has 6 nitrogen and oxygen atoms in total. The maximum Gasteiger partial charge on any atom is 0.317 e. The van der Waals surface area contributed by atoms with Crippen molar-refractivity contribution in [2.45, 2.75) is 38.8 Å². The number of urea groups is 1. The van der Waals surface area contributed by atoms with Crippen molar-refractivity contribution in [2.24, 2.45) is 0 Å². The van der Waals surface area contributed by atoms with E-state index >= 15 is 0 Å². The van der Waals surface area contributed by atoms with Crippen LogP contribution in [0.1, 0.15) is 31.7 Å². The quantitative estimate of drug-likeness (QED) is 0.798. The molecule has 0 aromatic heterocycles. The van der Waals surface area contributed by atoms with Gasteiger partial charge in [0.15, 0.2) is 11.5 Å². The fourth-order valence-electron chi connectivity index (χ4n) is 2.81. The van der Waals surface area contributed by atoms with Gasteiger partial charge in [-0.1, -0.05) is 11.6 Å². The lowest BCUT2D eigenvalue weighted by molar-refractivity contribution is 0.00385. The second-order valence-corrected chi connectivity index (χ2v) is 6.48. The lowest BCUT2D eigenvalue weighted by Gasteiger charge is -2.27. The topological polar surface area (TPSA) is 60.0 Å². The van der Waals surface area contributed by atoms with Gasteiger partial charge in [-0.05, 0) is 43.9 Å². The Morgan fingerprint density at radius 3 is 2.88 bits per heavy atom. The van der Waals surface area contributed by atoms with Crippen LogP contribution >= 0.6 is 11.6 Å². The van der Waals surface area contributed by atoms with Crippen LogP contribution in [0.3, 0.4) is 0 Å². The molecule has 2 rings (SSSR count). The minimum atomic E-state index is -0.141. The number of methoxy groups -OCH3 is 1. The summed E-state index contributed by atoms with van der Waals surface area (Å²) in [6, 6.07) is 3.46. The summed E-state index contributed by atoms with van der Waals surface area (Å²) in [4.78, 5) is 13.9. The van der Waals surface area contributed by atoms with E-state index in [1.165, 1.54) is 0 Å². The first kappa shape index (κ1) is 19.7. The van der Waals surface area contributed by atoms with Crippen molar-refractivity contribution in [3.05, 3.63) is 22.7 Å². The number of hydrogen-bond acceptors (Lipinski definition) is 4. The third-order valence-corrected chi connectivity index (χ3v) is 4.40. The van der Waals surface area contributed by atoms with Crippen molar-refractivity contribution >= 4 is 17.6 Å². The Labute approximate surface area is 154 Å². The van der Waals surface area contributed by atoms with Crippen LogP contribution in [0.2, 0.25) is 5.02 Å². The fourth-order valence-corrected chi connectivity index (χ4v) is 3.10. The predicted molar refractivity (Wildman–Crippen MR) is 97.6 cm³/mol. The third kappa shape index (κ3) is 5.68. The number of carbonyl (C=O) groups is 1. The first-order valence-corrected chi connectivity index (χ1v) is 9.02. The number of carbonyl (C=O) groups excluding carboxylic acids is 1. The fraction of sp³-hybridized carbons (Fsp3) is 0.611. The number of rotatable bonds is 7. The van der Waals surface area contributed by atoms with Gasteiger partial charge in [0.25, 0.3) is 0 Å². The molecule has 1 fully saturated rings. The highest BCUT2D eigenvalue weighted by Gasteiger charge is 2.19. The standard InChI is InChI=1S/C18H27ClN2O4/c1-4-24-17-15(19)9-13(10-16(17)23-3)11-20-18(22)21(2)12-14-7-5-6-8-25-14/h9-10,14H,4-8,11-12H2,1-3H3,(H,20,22). The Morgan fingerprint density at radius 2 is 2.24 bits per heavy atom. The smallest absolute Gasteiger partial charge is 0.317 e. The molecule has 0 radical (unpaired) electrons. The molecule has 0 bridgehead atoms. The molecular weight excluding hydrogens is 344 g/mol. The number of ether oxygens (including phenoxy) is 3. The Kier molecular flexibility index (Phi) is 7.65. The van der Waals surface area contributed by atoms with Crippen LogP contribution < -0.4 is 14.8 Å². The second-order valence-electron chi connectivity index (χ2n) is 6.07. The van der Waals surface area contributed by atoms with Gasteiger partial charge in [0.05, 0.1) is 24.8 Å². The van der Waals surface area contributed by atoms with Crippen LogP contribution in [0.4, 0.5) is 4.79 Å². The molecule has 140 valence electrons. The lowest BCUT2D eigenvalue weighted by Crippen LogP contribution is -2.42. The lowest BCUT2D eigenvalue weighted by atomic mass is 10.1. The van der Waals surface area contributed by atoms with Crippen molar-refractivity contribution in [1.29, 1.82) is 0 Å². The molecular formula is C18H27ClN2O4. The van der Waals surface area contributed by atoms with Gasteiger partial charge < -0.3 is 24.4 Å². The summed E-state index contributed by atoms with van der Waals surface area (Å²) in [5, 5.41) is 3.36. The van der Waals surface area contributed by atoms with Gasteiger partial charge in [-0.2, -0.15) is 0 Å². The molecule has 0 spiro atoms. The van der Waals surface area contributed by atoms with Gasteiger partial charge in [-0.15, -0.1) is 0 Å². The Balaban J connectivity index is 1.91. The van der Waals surface area contributed by atoms with Gasteiger partial charge in [0, 0.05) is 26.7 Å². The molecule has 1 aliphatic rings. The van der Waals surface area contributed by atoms with Crippen molar-refractivity contribution in [3.8, 4) is 11.5 Å². The number of amides is 2. The summed E-state index contributed by atoms with van der Waals surface area (Å²) in [5.41, 5.74) is 0.848. The molecule has 1 N–H and O–H groups in total. The van der Waals surface area contributed by atoms with E-state index in [1.54, 1.807) is 25.1 Å². The van der Waals surface area contributed by atoms with Gasteiger partial charge in [-0.25, -0.2) is 4.79 Å². The summed E-state index contributed by atoms with van der Waals surface area (Å²) >= 11 is 6.25. The number of hydrogen-bond donors (Lipinski definition) is 1. The minimum Gasteiger partial charge on any atom is -0.493 e. The van der Waals surface area contributed by atoms with Crippen molar-refractivity contribution in [1.82, 2.24) is 10.2 Å². The molecule has 0 aliphatic carbocycles. The molecule has 1 aromatic rings. The van der Waals surface area contributed by atoms with E-state index in [1.807, 2.05) is 13.0 Å². The van der Waals surface area contributed by atoms with E-state index in [2.05, 4.69) is 5.32 Å². The summed E-state index contributed by atoms with van der Waals surface area (Å²) in [6.07, 6.45) is 3.39. The molecule has 7 heteroatoms. The maximum absolute atomic E-state index is 12.3. The van der Waals surface area contributed by atoms with Crippen LogP contribution in [-0.4, -0.2) is 51.0 Å². The van der Waals surface area contributed by atoms with E-state index in [-0.39, 0.29) is 12.1 Å². The first-order chi connectivity index (χ1) is 12.0. The third-order valence-electron chi connectivity index (χ3n) is 4.12. The maximum atomic E-state index is 12.3. The van der Waals surface area contributed by atoms with Gasteiger partial charge in [-0.3, -0.25) is 0 Å². The van der Waals surface area contributed by atoms with Crippen molar-refractivity contribution < 1.29 is 19.0 Å². The zero-order valence-electron chi connectivity index (χ0n) is 15.1. The summed E-state index contributed by atoms with van der Waals surface area (Å²) < 4.78 is 16.5. The minimum absolute atomic E-state index is 0.129. The molecule has 1 aromatic carbocycles. The van der Waals surface area contributed by atoms with Gasteiger partial charge >= 0.3 is 6.03 Å². The monoisotopic (exact) mass is 370 g/mol. The zero-order valence-corrected chi connectivity index (χ0v) is 15.9. The summed E-state index contributed by atoms with van der Waals surface area (Å²) in [7, 11) is 3.34. The van der Waals surface area contributed by atoms with Crippen LogP contribution in [0, 0.1) is 0 Å². The van der Waals surface area contributed by atoms with E-state index in [0.29, 0.717) is 36.2 Å². The Morgan fingerprint density at radius 1 is 1.44 bits per heavy atom. The molecule has 1 unspecified atom stereocenters. The highest BCUT2D eigenvalue weighted by Crippen LogP contribution is 2.36. The van der Waals surface area contributed by atoms with Crippen LogP contribution in [0.5, 0.6) is 11.5 Å². The predicted octanol–water partition coefficient (Wildman–Crippen LogP) is 3.46. The molecule has 25 heavy (non-hydrogen) atoms. The van der Waals surface area contributed by atoms with Crippen LogP contribution in [0.15, 0.2) is 12.1 Å². The molecule has 1 saturated heterocycles. The highest BCUT2D eigenvalue weighted by atomic mass is 35.5. The number of halogens is 1. The highest BCUT2D eigenvalue weighted by molar-refractivity contribution is 6.32. The second kappa shape index (κ2) is 9.73. The normalized spacial score (nSPS) is 17.0. The molecule has 1 aliphatic heterocycles. The van der Waals surface area contributed by atoms with E-state index in [0.717, 1.165) is 31.4 Å². The molecule has 1 heterocycles. The Bertz CT molecular complexity index is 576. The van der Waals surface area contributed by atoms with Crippen LogP contribution in [-0.2, 0) is 11.3 Å².